The lowest BCUT2D eigenvalue weighted by Gasteiger charge is -2.15. The van der Waals surface area contributed by atoms with Gasteiger partial charge in [-0.15, -0.1) is 22.7 Å². The average Bonchev–Trinajstić information content (AvgIpc) is 2.97. The van der Waals surface area contributed by atoms with Crippen molar-refractivity contribution in [1.82, 2.24) is 4.72 Å². The van der Waals surface area contributed by atoms with E-state index in [1.54, 1.807) is 24.4 Å². The Morgan fingerprint density at radius 2 is 2.24 bits per heavy atom. The molecule has 2 aromatic heterocycles. The van der Waals surface area contributed by atoms with Crippen molar-refractivity contribution in [3.8, 4) is 0 Å². The molecule has 9 heteroatoms. The number of aliphatic carboxylic acids is 1. The molecule has 0 saturated carbocycles. The van der Waals surface area contributed by atoms with Crippen molar-refractivity contribution in [2.24, 2.45) is 0 Å². The van der Waals surface area contributed by atoms with Crippen LogP contribution in [0, 0.1) is 6.92 Å². The Morgan fingerprint density at radius 1 is 1.52 bits per heavy atom. The number of sulfonamides is 1. The number of thiophene rings is 2. The second-order valence-corrected chi connectivity index (χ2v) is 9.56. The van der Waals surface area contributed by atoms with Crippen LogP contribution in [0.25, 0.3) is 0 Å². The Bertz CT molecular complexity index is 737. The van der Waals surface area contributed by atoms with Gasteiger partial charge in [0.25, 0.3) is 0 Å². The molecule has 0 radical (unpaired) electrons. The summed E-state index contributed by atoms with van der Waals surface area (Å²) >= 11 is 5.89. The summed E-state index contributed by atoms with van der Waals surface area (Å²) in [4.78, 5) is 12.5. The van der Waals surface area contributed by atoms with Crippen molar-refractivity contribution in [3.63, 3.8) is 0 Å². The molecule has 0 aromatic carbocycles. The lowest BCUT2D eigenvalue weighted by Crippen LogP contribution is -2.30. The molecular formula is C12H12BrNO4S3. The molecule has 0 aliphatic carbocycles. The summed E-state index contributed by atoms with van der Waals surface area (Å²) in [5.74, 6) is -1.06. The van der Waals surface area contributed by atoms with Crippen LogP contribution in [0.1, 0.15) is 22.2 Å². The molecule has 0 saturated heterocycles. The van der Waals surface area contributed by atoms with Crippen molar-refractivity contribution < 1.29 is 18.3 Å². The Balaban J connectivity index is 2.31. The molecule has 21 heavy (non-hydrogen) atoms. The summed E-state index contributed by atoms with van der Waals surface area (Å²) in [6, 6.07) is 4.23. The Labute approximate surface area is 138 Å². The van der Waals surface area contributed by atoms with E-state index in [4.69, 9.17) is 5.11 Å². The largest absolute Gasteiger partial charge is 0.481 e. The molecule has 2 N–H and O–H groups in total. The standard InChI is InChI=1S/C12H12BrNO4S3/c1-7-10(6-11(13)20-7)21(17,18)14-8(5-12(15)16)9-3-2-4-19-9/h2-4,6,8,14H,5H2,1H3,(H,15,16). The Morgan fingerprint density at radius 3 is 2.71 bits per heavy atom. The van der Waals surface area contributed by atoms with Crippen LogP contribution in [0.4, 0.5) is 0 Å². The molecule has 2 rings (SSSR count). The number of nitrogens with one attached hydrogen (secondary N) is 1. The van der Waals surface area contributed by atoms with Crippen LogP contribution in [0.15, 0.2) is 32.3 Å². The van der Waals surface area contributed by atoms with Crippen LogP contribution < -0.4 is 4.72 Å². The van der Waals surface area contributed by atoms with E-state index in [0.29, 0.717) is 13.5 Å². The van der Waals surface area contributed by atoms with Crippen LogP contribution in [0.5, 0.6) is 0 Å². The van der Waals surface area contributed by atoms with Gasteiger partial charge in [-0.1, -0.05) is 6.07 Å². The zero-order valence-electron chi connectivity index (χ0n) is 10.9. The second-order valence-electron chi connectivity index (χ2n) is 4.26. The van der Waals surface area contributed by atoms with Crippen LogP contribution in [0.2, 0.25) is 0 Å². The zero-order valence-corrected chi connectivity index (χ0v) is 14.9. The topological polar surface area (TPSA) is 83.5 Å². The van der Waals surface area contributed by atoms with Gasteiger partial charge in [0.05, 0.1) is 21.1 Å². The fourth-order valence-corrected chi connectivity index (χ4v) is 6.29. The Kier molecular flexibility index (Phi) is 5.20. The first-order valence-corrected chi connectivity index (χ1v) is 9.80. The number of halogens is 1. The first-order chi connectivity index (χ1) is 9.79. The summed E-state index contributed by atoms with van der Waals surface area (Å²) in [6.45, 7) is 1.71. The molecule has 0 bridgehead atoms. The molecule has 0 fully saturated rings. The van der Waals surface area contributed by atoms with Gasteiger partial charge in [0.15, 0.2) is 0 Å². The third kappa shape index (κ3) is 4.13. The first-order valence-electron chi connectivity index (χ1n) is 5.83. The molecule has 1 atom stereocenters. The highest BCUT2D eigenvalue weighted by molar-refractivity contribution is 9.11. The number of aryl methyl sites for hydroxylation is 1. The van der Waals surface area contributed by atoms with Gasteiger partial charge in [-0.3, -0.25) is 4.79 Å². The van der Waals surface area contributed by atoms with E-state index in [0.717, 1.165) is 0 Å². The van der Waals surface area contributed by atoms with Crippen LogP contribution in [-0.2, 0) is 14.8 Å². The van der Waals surface area contributed by atoms with Crippen LogP contribution >= 0.6 is 38.6 Å². The third-order valence-electron chi connectivity index (χ3n) is 2.69. The van der Waals surface area contributed by atoms with E-state index in [2.05, 4.69) is 20.7 Å². The maximum Gasteiger partial charge on any atom is 0.305 e. The molecule has 2 aromatic rings. The molecule has 0 aliphatic heterocycles. The van der Waals surface area contributed by atoms with E-state index in [9.17, 15) is 13.2 Å². The normalized spacial score (nSPS) is 13.2. The smallest absolute Gasteiger partial charge is 0.305 e. The van der Waals surface area contributed by atoms with Crippen molar-refractivity contribution in [2.75, 3.05) is 0 Å². The number of carboxylic acids is 1. The van der Waals surface area contributed by atoms with Crippen molar-refractivity contribution in [1.29, 1.82) is 0 Å². The van der Waals surface area contributed by atoms with E-state index < -0.39 is 22.0 Å². The fraction of sp³-hybridized carbons (Fsp3) is 0.250. The maximum absolute atomic E-state index is 12.4. The number of carbonyl (C=O) groups is 1. The number of rotatable bonds is 6. The highest BCUT2D eigenvalue weighted by atomic mass is 79.9. The van der Waals surface area contributed by atoms with E-state index >= 15 is 0 Å². The highest BCUT2D eigenvalue weighted by Gasteiger charge is 2.26. The molecule has 0 aliphatic rings. The molecule has 0 spiro atoms. The third-order valence-corrected chi connectivity index (χ3v) is 6.96. The summed E-state index contributed by atoms with van der Waals surface area (Å²) in [6.07, 6.45) is -0.301. The predicted molar refractivity (Wildman–Crippen MR) is 86.4 cm³/mol. The lowest BCUT2D eigenvalue weighted by atomic mass is 10.2. The minimum atomic E-state index is -3.77. The Hall–Kier alpha value is -0.740. The van der Waals surface area contributed by atoms with Crippen molar-refractivity contribution in [3.05, 3.63) is 37.1 Å². The van der Waals surface area contributed by atoms with E-state index in [1.807, 2.05) is 0 Å². The monoisotopic (exact) mass is 409 g/mol. The summed E-state index contributed by atoms with van der Waals surface area (Å²) < 4.78 is 28.1. The summed E-state index contributed by atoms with van der Waals surface area (Å²) in [5.41, 5.74) is 0. The van der Waals surface area contributed by atoms with Gasteiger partial charge < -0.3 is 5.11 Å². The SMILES string of the molecule is Cc1sc(Br)cc1S(=O)(=O)NC(CC(=O)O)c1cccs1. The lowest BCUT2D eigenvalue weighted by molar-refractivity contribution is -0.137. The number of hydrogen-bond donors (Lipinski definition) is 2. The minimum absolute atomic E-state index is 0.173. The number of carboxylic acid groups (broad SMARTS) is 1. The van der Waals surface area contributed by atoms with Gasteiger partial charge in [-0.25, -0.2) is 13.1 Å². The van der Waals surface area contributed by atoms with Gasteiger partial charge in [0.1, 0.15) is 0 Å². The summed E-state index contributed by atoms with van der Waals surface area (Å²) in [7, 11) is -3.77. The van der Waals surface area contributed by atoms with Crippen LogP contribution in [0.3, 0.4) is 0 Å². The van der Waals surface area contributed by atoms with Crippen molar-refractivity contribution >= 4 is 54.6 Å². The summed E-state index contributed by atoms with van der Waals surface area (Å²) in [5, 5.41) is 10.8. The van der Waals surface area contributed by atoms with Gasteiger partial charge in [-0.2, -0.15) is 0 Å². The molecule has 5 nitrogen and oxygen atoms in total. The van der Waals surface area contributed by atoms with Crippen LogP contribution in [-0.4, -0.2) is 19.5 Å². The van der Waals surface area contributed by atoms with Gasteiger partial charge >= 0.3 is 5.97 Å². The van der Waals surface area contributed by atoms with Gasteiger partial charge in [-0.05, 0) is 40.4 Å². The quantitative estimate of drug-likeness (QED) is 0.765. The molecule has 2 heterocycles. The number of hydrogen-bond acceptors (Lipinski definition) is 5. The fourth-order valence-electron chi connectivity index (χ4n) is 1.81. The molecular weight excluding hydrogens is 398 g/mol. The second kappa shape index (κ2) is 6.57. The first kappa shape index (κ1) is 16.6. The maximum atomic E-state index is 12.4. The molecule has 114 valence electrons. The molecule has 0 amide bonds. The molecule has 1 unspecified atom stereocenters. The van der Waals surface area contributed by atoms with E-state index in [1.165, 1.54) is 28.7 Å². The van der Waals surface area contributed by atoms with Gasteiger partial charge in [0.2, 0.25) is 10.0 Å². The predicted octanol–water partition coefficient (Wildman–Crippen LogP) is 3.37. The minimum Gasteiger partial charge on any atom is -0.481 e. The average molecular weight is 410 g/mol. The highest BCUT2D eigenvalue weighted by Crippen LogP contribution is 2.31. The van der Waals surface area contributed by atoms with Crippen molar-refractivity contribution in [2.45, 2.75) is 24.3 Å². The van der Waals surface area contributed by atoms with E-state index in [-0.39, 0.29) is 11.3 Å². The van der Waals surface area contributed by atoms with Gasteiger partial charge in [0, 0.05) is 9.75 Å². The zero-order chi connectivity index (χ0) is 15.6.